The van der Waals surface area contributed by atoms with E-state index in [1.807, 2.05) is 30.5 Å². The number of pyridine rings is 1. The predicted molar refractivity (Wildman–Crippen MR) is 74.8 cm³/mol. The fourth-order valence-corrected chi connectivity index (χ4v) is 2.89. The van der Waals surface area contributed by atoms with E-state index in [1.165, 1.54) is 9.75 Å². The molecule has 1 N–H and O–H groups in total. The van der Waals surface area contributed by atoms with Gasteiger partial charge in [-0.3, -0.25) is 4.98 Å². The quantitative estimate of drug-likeness (QED) is 0.887. The summed E-state index contributed by atoms with van der Waals surface area (Å²) in [6, 6.07) is 8.94. The molecule has 0 spiro atoms. The van der Waals surface area contributed by atoms with Crippen molar-refractivity contribution in [3.05, 3.63) is 45.9 Å². The summed E-state index contributed by atoms with van der Waals surface area (Å²) in [7, 11) is 0. The summed E-state index contributed by atoms with van der Waals surface area (Å²) in [6.45, 7) is 6.38. The SMILES string of the molecule is Cc1cc(NC(C)Cc2ccc(C)s2)ccn1. The molecular weight excluding hydrogens is 228 g/mol. The Hall–Kier alpha value is -1.35. The zero-order valence-corrected chi connectivity index (χ0v) is 11.3. The minimum absolute atomic E-state index is 0.440. The molecule has 2 rings (SSSR count). The van der Waals surface area contributed by atoms with Gasteiger partial charge in [-0.2, -0.15) is 0 Å². The first kappa shape index (κ1) is 12.1. The van der Waals surface area contributed by atoms with Crippen LogP contribution >= 0.6 is 11.3 Å². The van der Waals surface area contributed by atoms with Crippen LogP contribution in [0.25, 0.3) is 0 Å². The van der Waals surface area contributed by atoms with Crippen molar-refractivity contribution in [3.8, 4) is 0 Å². The molecule has 0 amide bonds. The van der Waals surface area contributed by atoms with Crippen LogP contribution in [0, 0.1) is 13.8 Å². The second kappa shape index (κ2) is 5.32. The van der Waals surface area contributed by atoms with Crippen LogP contribution < -0.4 is 5.32 Å². The molecule has 0 aliphatic heterocycles. The Morgan fingerprint density at radius 2 is 2.12 bits per heavy atom. The van der Waals surface area contributed by atoms with Gasteiger partial charge < -0.3 is 5.32 Å². The minimum Gasteiger partial charge on any atom is -0.382 e. The number of anilines is 1. The summed E-state index contributed by atoms with van der Waals surface area (Å²) >= 11 is 1.88. The fourth-order valence-electron chi connectivity index (χ4n) is 1.87. The molecule has 0 radical (unpaired) electrons. The lowest BCUT2D eigenvalue weighted by Crippen LogP contribution is -2.17. The normalized spacial score (nSPS) is 12.4. The van der Waals surface area contributed by atoms with Crippen molar-refractivity contribution in [3.63, 3.8) is 0 Å². The zero-order chi connectivity index (χ0) is 12.3. The van der Waals surface area contributed by atoms with Gasteiger partial charge in [-0.15, -0.1) is 11.3 Å². The van der Waals surface area contributed by atoms with Crippen LogP contribution in [0.5, 0.6) is 0 Å². The highest BCUT2D eigenvalue weighted by Gasteiger charge is 2.05. The molecule has 0 aliphatic carbocycles. The number of thiophene rings is 1. The average molecular weight is 246 g/mol. The molecule has 0 saturated heterocycles. The molecule has 1 atom stereocenters. The molecule has 0 aromatic carbocycles. The van der Waals surface area contributed by atoms with Crippen LogP contribution in [-0.4, -0.2) is 11.0 Å². The number of hydrogen-bond acceptors (Lipinski definition) is 3. The summed E-state index contributed by atoms with van der Waals surface area (Å²) in [5.74, 6) is 0. The van der Waals surface area contributed by atoms with Gasteiger partial charge in [-0.1, -0.05) is 0 Å². The van der Waals surface area contributed by atoms with Crippen LogP contribution in [0.4, 0.5) is 5.69 Å². The van der Waals surface area contributed by atoms with Gasteiger partial charge >= 0.3 is 0 Å². The number of rotatable bonds is 4. The van der Waals surface area contributed by atoms with Gasteiger partial charge in [0.1, 0.15) is 0 Å². The molecule has 2 heterocycles. The minimum atomic E-state index is 0.440. The maximum atomic E-state index is 4.20. The van der Waals surface area contributed by atoms with Crippen LogP contribution in [0.1, 0.15) is 22.4 Å². The smallest absolute Gasteiger partial charge is 0.0393 e. The topological polar surface area (TPSA) is 24.9 Å². The molecule has 17 heavy (non-hydrogen) atoms. The van der Waals surface area contributed by atoms with E-state index >= 15 is 0 Å². The Bertz CT molecular complexity index is 490. The molecule has 0 saturated carbocycles. The Kier molecular flexibility index (Phi) is 3.79. The summed E-state index contributed by atoms with van der Waals surface area (Å²) in [5.41, 5.74) is 2.20. The second-order valence-electron chi connectivity index (χ2n) is 4.45. The van der Waals surface area contributed by atoms with E-state index in [-0.39, 0.29) is 0 Å². The van der Waals surface area contributed by atoms with Crippen LogP contribution in [0.2, 0.25) is 0 Å². The van der Waals surface area contributed by atoms with Gasteiger partial charge in [0.05, 0.1) is 0 Å². The number of hydrogen-bond donors (Lipinski definition) is 1. The first-order valence-corrected chi connectivity index (χ1v) is 6.69. The van der Waals surface area contributed by atoms with E-state index in [4.69, 9.17) is 0 Å². The summed E-state index contributed by atoms with van der Waals surface area (Å²) in [4.78, 5) is 7.02. The Morgan fingerprint density at radius 3 is 2.76 bits per heavy atom. The van der Waals surface area contributed by atoms with E-state index in [0.29, 0.717) is 6.04 Å². The second-order valence-corrected chi connectivity index (χ2v) is 5.82. The number of aromatic nitrogens is 1. The van der Waals surface area contributed by atoms with Crippen LogP contribution in [0.3, 0.4) is 0 Å². The van der Waals surface area contributed by atoms with Crippen molar-refractivity contribution in [2.45, 2.75) is 33.2 Å². The summed E-state index contributed by atoms with van der Waals surface area (Å²) < 4.78 is 0. The third-order valence-electron chi connectivity index (χ3n) is 2.61. The van der Waals surface area contributed by atoms with E-state index in [0.717, 1.165) is 17.8 Å². The molecule has 1 unspecified atom stereocenters. The Balaban J connectivity index is 1.95. The summed E-state index contributed by atoms with van der Waals surface area (Å²) in [6.07, 6.45) is 2.92. The van der Waals surface area contributed by atoms with Crippen molar-refractivity contribution in [1.29, 1.82) is 0 Å². The van der Waals surface area contributed by atoms with Crippen molar-refractivity contribution < 1.29 is 0 Å². The van der Waals surface area contributed by atoms with E-state index in [9.17, 15) is 0 Å². The highest BCUT2D eigenvalue weighted by molar-refractivity contribution is 7.11. The molecule has 0 aliphatic rings. The van der Waals surface area contributed by atoms with Crippen molar-refractivity contribution >= 4 is 17.0 Å². The first-order chi connectivity index (χ1) is 8.13. The van der Waals surface area contributed by atoms with Crippen LogP contribution in [0.15, 0.2) is 30.5 Å². The lowest BCUT2D eigenvalue weighted by atomic mass is 10.2. The van der Waals surface area contributed by atoms with Gasteiger partial charge in [0, 0.05) is 39.8 Å². The van der Waals surface area contributed by atoms with E-state index in [2.05, 4.69) is 42.3 Å². The van der Waals surface area contributed by atoms with Gasteiger partial charge in [-0.05, 0) is 45.0 Å². The monoisotopic (exact) mass is 246 g/mol. The van der Waals surface area contributed by atoms with Crippen molar-refractivity contribution in [1.82, 2.24) is 4.98 Å². The number of aryl methyl sites for hydroxylation is 2. The number of nitrogens with zero attached hydrogens (tertiary/aromatic N) is 1. The summed E-state index contributed by atoms with van der Waals surface area (Å²) in [5, 5.41) is 3.51. The van der Waals surface area contributed by atoms with Crippen LogP contribution in [-0.2, 0) is 6.42 Å². The Morgan fingerprint density at radius 1 is 1.29 bits per heavy atom. The lowest BCUT2D eigenvalue weighted by Gasteiger charge is -2.14. The van der Waals surface area contributed by atoms with Gasteiger partial charge in [0.25, 0.3) is 0 Å². The first-order valence-electron chi connectivity index (χ1n) is 5.88. The van der Waals surface area contributed by atoms with E-state index in [1.54, 1.807) is 0 Å². The molecule has 0 fully saturated rings. The Labute approximate surface area is 107 Å². The molecule has 2 aromatic heterocycles. The van der Waals surface area contributed by atoms with Gasteiger partial charge in [0.2, 0.25) is 0 Å². The van der Waals surface area contributed by atoms with Crippen molar-refractivity contribution in [2.75, 3.05) is 5.32 Å². The maximum absolute atomic E-state index is 4.20. The van der Waals surface area contributed by atoms with E-state index < -0.39 is 0 Å². The molecule has 0 bridgehead atoms. The third-order valence-corrected chi connectivity index (χ3v) is 3.64. The molecular formula is C14H18N2S. The zero-order valence-electron chi connectivity index (χ0n) is 10.5. The van der Waals surface area contributed by atoms with Gasteiger partial charge in [-0.25, -0.2) is 0 Å². The lowest BCUT2D eigenvalue weighted by molar-refractivity contribution is 0.800. The average Bonchev–Trinajstić information content (AvgIpc) is 2.63. The maximum Gasteiger partial charge on any atom is 0.0393 e. The molecule has 2 aromatic rings. The molecule has 2 nitrogen and oxygen atoms in total. The standard InChI is InChI=1S/C14H18N2S/c1-10-8-13(6-7-15-10)16-11(2)9-14-5-4-12(3)17-14/h4-8,11H,9H2,1-3H3,(H,15,16). The number of nitrogens with one attached hydrogen (secondary N) is 1. The third kappa shape index (κ3) is 3.56. The fraction of sp³-hybridized carbons (Fsp3) is 0.357. The van der Waals surface area contributed by atoms with Crippen molar-refractivity contribution in [2.24, 2.45) is 0 Å². The molecule has 90 valence electrons. The predicted octanol–water partition coefficient (Wildman–Crippen LogP) is 3.80. The highest BCUT2D eigenvalue weighted by atomic mass is 32.1. The van der Waals surface area contributed by atoms with Gasteiger partial charge in [0.15, 0.2) is 0 Å². The highest BCUT2D eigenvalue weighted by Crippen LogP contribution is 2.18. The molecule has 3 heteroatoms. The largest absolute Gasteiger partial charge is 0.382 e.